The van der Waals surface area contributed by atoms with Crippen LogP contribution in [0.1, 0.15) is 18.4 Å². The number of nitrogens with zero attached hydrogens (tertiary/aromatic N) is 5. The molecular weight excluding hydrogens is 475 g/mol. The molecule has 6 nitrogen and oxygen atoms in total. The first-order chi connectivity index (χ1) is 13.8. The number of benzene rings is 1. The second-order valence-corrected chi connectivity index (χ2v) is 7.43. The van der Waals surface area contributed by atoms with E-state index in [2.05, 4.69) is 72.5 Å². The van der Waals surface area contributed by atoms with E-state index in [0.717, 1.165) is 57.6 Å². The highest BCUT2D eigenvalue weighted by molar-refractivity contribution is 14.0. The summed E-state index contributed by atoms with van der Waals surface area (Å²) in [4.78, 5) is 16.2. The van der Waals surface area contributed by atoms with Crippen LogP contribution in [0.2, 0.25) is 0 Å². The normalized spacial score (nSPS) is 17.3. The van der Waals surface area contributed by atoms with Crippen LogP contribution in [-0.2, 0) is 6.54 Å². The van der Waals surface area contributed by atoms with E-state index in [4.69, 9.17) is 0 Å². The predicted molar refractivity (Wildman–Crippen MR) is 132 cm³/mol. The third kappa shape index (κ3) is 5.52. The Bertz CT molecular complexity index is 783. The summed E-state index contributed by atoms with van der Waals surface area (Å²) in [5, 5.41) is 3.54. The monoisotopic (exact) mass is 506 g/mol. The van der Waals surface area contributed by atoms with Crippen molar-refractivity contribution in [2.45, 2.75) is 19.4 Å². The van der Waals surface area contributed by atoms with Crippen LogP contribution in [0.3, 0.4) is 0 Å². The van der Waals surface area contributed by atoms with E-state index in [0.29, 0.717) is 0 Å². The third-order valence-electron chi connectivity index (χ3n) is 5.60. The molecule has 7 heteroatoms. The fourth-order valence-electron chi connectivity index (χ4n) is 4.02. The minimum atomic E-state index is 0. The maximum absolute atomic E-state index is 4.55. The summed E-state index contributed by atoms with van der Waals surface area (Å²) < 4.78 is 0. The van der Waals surface area contributed by atoms with Gasteiger partial charge in [0.1, 0.15) is 5.82 Å². The van der Waals surface area contributed by atoms with Gasteiger partial charge in [-0.2, -0.15) is 0 Å². The van der Waals surface area contributed by atoms with Gasteiger partial charge in [-0.15, -0.1) is 24.0 Å². The first-order valence-electron chi connectivity index (χ1n) is 10.3. The van der Waals surface area contributed by atoms with E-state index in [-0.39, 0.29) is 24.0 Å². The topological polar surface area (TPSA) is 47.0 Å². The average molecular weight is 506 g/mol. The van der Waals surface area contributed by atoms with Crippen LogP contribution >= 0.6 is 24.0 Å². The number of aliphatic imine (C=N–C) groups is 1. The summed E-state index contributed by atoms with van der Waals surface area (Å²) in [5.41, 5.74) is 2.55. The maximum atomic E-state index is 4.55. The van der Waals surface area contributed by atoms with E-state index in [1.807, 2.05) is 13.2 Å². The lowest BCUT2D eigenvalue weighted by atomic mass is 10.2. The number of para-hydroxylation sites is 1. The van der Waals surface area contributed by atoms with Crippen molar-refractivity contribution < 1.29 is 0 Å². The molecule has 156 valence electrons. The molecule has 29 heavy (non-hydrogen) atoms. The van der Waals surface area contributed by atoms with Crippen LogP contribution in [-0.4, -0.2) is 62.2 Å². The van der Waals surface area contributed by atoms with E-state index in [1.165, 1.54) is 24.1 Å². The first kappa shape index (κ1) is 21.7. The minimum Gasteiger partial charge on any atom is -0.368 e. The molecule has 0 amide bonds. The fraction of sp³-hybridized carbons (Fsp3) is 0.455. The van der Waals surface area contributed by atoms with Gasteiger partial charge in [0.2, 0.25) is 0 Å². The molecule has 2 aliphatic rings. The Balaban J connectivity index is 0.00000240. The van der Waals surface area contributed by atoms with E-state index < -0.39 is 0 Å². The number of aromatic nitrogens is 1. The highest BCUT2D eigenvalue weighted by atomic mass is 127. The smallest absolute Gasteiger partial charge is 0.194 e. The molecule has 0 radical (unpaired) electrons. The Morgan fingerprint density at radius 3 is 2.38 bits per heavy atom. The molecule has 0 unspecified atom stereocenters. The molecule has 1 N–H and O–H groups in total. The van der Waals surface area contributed by atoms with Crippen molar-refractivity contribution in [3.63, 3.8) is 0 Å². The average Bonchev–Trinajstić information content (AvgIpc) is 3.31. The Labute approximate surface area is 191 Å². The Hall–Kier alpha value is -2.03. The van der Waals surface area contributed by atoms with Crippen LogP contribution in [0.25, 0.3) is 0 Å². The van der Waals surface area contributed by atoms with Gasteiger partial charge in [0, 0.05) is 64.7 Å². The van der Waals surface area contributed by atoms with Crippen molar-refractivity contribution in [3.05, 3.63) is 54.2 Å². The summed E-state index contributed by atoms with van der Waals surface area (Å²) in [7, 11) is 1.87. The van der Waals surface area contributed by atoms with Gasteiger partial charge in [0.15, 0.2) is 5.96 Å². The fourth-order valence-corrected chi connectivity index (χ4v) is 4.02. The van der Waals surface area contributed by atoms with Gasteiger partial charge in [0.05, 0.1) is 0 Å². The summed E-state index contributed by atoms with van der Waals surface area (Å²) in [6, 6.07) is 14.9. The molecule has 0 saturated carbocycles. The molecule has 1 aromatic heterocycles. The van der Waals surface area contributed by atoms with E-state index in [9.17, 15) is 0 Å². The number of anilines is 2. The van der Waals surface area contributed by atoms with Gasteiger partial charge >= 0.3 is 0 Å². The van der Waals surface area contributed by atoms with Gasteiger partial charge in [-0.1, -0.05) is 18.2 Å². The second-order valence-electron chi connectivity index (χ2n) is 7.43. The van der Waals surface area contributed by atoms with Crippen LogP contribution < -0.4 is 15.1 Å². The predicted octanol–water partition coefficient (Wildman–Crippen LogP) is 3.20. The zero-order valence-corrected chi connectivity index (χ0v) is 19.5. The molecule has 2 aromatic rings. The number of pyridine rings is 1. The largest absolute Gasteiger partial charge is 0.368 e. The highest BCUT2D eigenvalue weighted by Crippen LogP contribution is 2.19. The van der Waals surface area contributed by atoms with Crippen LogP contribution in [0.4, 0.5) is 11.5 Å². The standard InChI is InChI=1S/C22H30N6.HI/c1-23-22(28-15-13-26(14-16-28)20-7-3-2-4-8-20)25-18-19-9-10-24-21(17-19)27-11-5-6-12-27;/h2-4,7-10,17H,5-6,11-16,18H2,1H3,(H,23,25);1H. The van der Waals surface area contributed by atoms with Crippen molar-refractivity contribution in [2.75, 3.05) is 56.1 Å². The van der Waals surface area contributed by atoms with Crippen molar-refractivity contribution in [2.24, 2.45) is 4.99 Å². The quantitative estimate of drug-likeness (QED) is 0.392. The molecule has 2 aliphatic heterocycles. The molecule has 0 atom stereocenters. The number of hydrogen-bond acceptors (Lipinski definition) is 4. The number of halogens is 1. The number of guanidine groups is 1. The second kappa shape index (κ2) is 10.7. The van der Waals surface area contributed by atoms with Crippen molar-refractivity contribution >= 4 is 41.4 Å². The molecular formula is C22H31IN6. The molecule has 3 heterocycles. The molecule has 2 fully saturated rings. The first-order valence-corrected chi connectivity index (χ1v) is 10.3. The lowest BCUT2D eigenvalue weighted by molar-refractivity contribution is 0.372. The van der Waals surface area contributed by atoms with Gasteiger partial charge in [-0.3, -0.25) is 4.99 Å². The van der Waals surface area contributed by atoms with Crippen molar-refractivity contribution in [1.82, 2.24) is 15.2 Å². The molecule has 0 bridgehead atoms. The summed E-state index contributed by atoms with van der Waals surface area (Å²) in [6.07, 6.45) is 4.46. The lowest BCUT2D eigenvalue weighted by Crippen LogP contribution is -2.52. The summed E-state index contributed by atoms with van der Waals surface area (Å²) in [6.45, 7) is 7.00. The summed E-state index contributed by atoms with van der Waals surface area (Å²) >= 11 is 0. The SMILES string of the molecule is CN=C(NCc1ccnc(N2CCCC2)c1)N1CCN(c2ccccc2)CC1.I. The van der Waals surface area contributed by atoms with Crippen molar-refractivity contribution in [3.8, 4) is 0 Å². The highest BCUT2D eigenvalue weighted by Gasteiger charge is 2.20. The van der Waals surface area contributed by atoms with Gasteiger partial charge < -0.3 is 20.0 Å². The number of piperazine rings is 1. The Morgan fingerprint density at radius 2 is 1.69 bits per heavy atom. The zero-order valence-electron chi connectivity index (χ0n) is 17.1. The van der Waals surface area contributed by atoms with Gasteiger partial charge in [-0.05, 0) is 42.7 Å². The van der Waals surface area contributed by atoms with Crippen LogP contribution in [0.5, 0.6) is 0 Å². The van der Waals surface area contributed by atoms with Gasteiger partial charge in [0.25, 0.3) is 0 Å². The number of rotatable bonds is 4. The minimum absolute atomic E-state index is 0. The van der Waals surface area contributed by atoms with Crippen molar-refractivity contribution in [1.29, 1.82) is 0 Å². The third-order valence-corrected chi connectivity index (χ3v) is 5.60. The molecule has 0 aliphatic carbocycles. The molecule has 0 spiro atoms. The Kier molecular flexibility index (Phi) is 7.97. The number of nitrogens with one attached hydrogen (secondary N) is 1. The zero-order chi connectivity index (χ0) is 19.2. The van der Waals surface area contributed by atoms with Crippen LogP contribution in [0, 0.1) is 0 Å². The van der Waals surface area contributed by atoms with Crippen LogP contribution in [0.15, 0.2) is 53.7 Å². The summed E-state index contributed by atoms with van der Waals surface area (Å²) in [5.74, 6) is 2.08. The molecule has 4 rings (SSSR count). The van der Waals surface area contributed by atoms with E-state index >= 15 is 0 Å². The van der Waals surface area contributed by atoms with Gasteiger partial charge in [-0.25, -0.2) is 4.98 Å². The molecule has 2 saturated heterocycles. The lowest BCUT2D eigenvalue weighted by Gasteiger charge is -2.37. The number of hydrogen-bond donors (Lipinski definition) is 1. The maximum Gasteiger partial charge on any atom is 0.194 e. The Morgan fingerprint density at radius 1 is 0.966 bits per heavy atom. The van der Waals surface area contributed by atoms with E-state index in [1.54, 1.807) is 0 Å². The molecule has 1 aromatic carbocycles.